The molecule has 3 nitrogen and oxygen atoms in total. The van der Waals surface area contributed by atoms with Gasteiger partial charge in [-0.05, 0) is 36.2 Å². The summed E-state index contributed by atoms with van der Waals surface area (Å²) < 4.78 is 14.5. The summed E-state index contributed by atoms with van der Waals surface area (Å²) in [5, 5.41) is 12.9. The van der Waals surface area contributed by atoms with Crippen molar-refractivity contribution >= 4 is 0 Å². The van der Waals surface area contributed by atoms with E-state index in [0.717, 1.165) is 42.9 Å². The molecule has 1 atom stereocenters. The molecule has 22 heavy (non-hydrogen) atoms. The third kappa shape index (κ3) is 3.13. The van der Waals surface area contributed by atoms with Crippen molar-refractivity contribution < 1.29 is 9.50 Å². The number of rotatable bonds is 3. The fourth-order valence-electron chi connectivity index (χ4n) is 3.00. The van der Waals surface area contributed by atoms with Gasteiger partial charge in [-0.3, -0.25) is 4.90 Å². The lowest BCUT2D eigenvalue weighted by Crippen LogP contribution is -2.44. The van der Waals surface area contributed by atoms with E-state index >= 15 is 0 Å². The summed E-state index contributed by atoms with van der Waals surface area (Å²) >= 11 is 0. The number of nitrogens with zero attached hydrogens (tertiary/aromatic N) is 1. The predicted molar refractivity (Wildman–Crippen MR) is 86.4 cm³/mol. The Morgan fingerprint density at radius 2 is 1.82 bits per heavy atom. The number of nitrogens with one attached hydrogen (secondary N) is 1. The standard InChI is InChI=1S/C18H21FN2O/c1-13(21-9-7-20-8-10-21)17-6-5-15(12-18(17)19)14-3-2-4-16(22)11-14/h2-6,11-13,20,22H,7-10H2,1H3. The van der Waals surface area contributed by atoms with Gasteiger partial charge in [0.25, 0.3) is 0 Å². The van der Waals surface area contributed by atoms with E-state index in [1.165, 1.54) is 0 Å². The second-order valence-corrected chi connectivity index (χ2v) is 5.75. The minimum absolute atomic E-state index is 0.0697. The first-order valence-electron chi connectivity index (χ1n) is 7.69. The molecule has 1 aliphatic rings. The highest BCUT2D eigenvalue weighted by molar-refractivity contribution is 5.65. The zero-order chi connectivity index (χ0) is 15.5. The number of phenols is 1. The van der Waals surface area contributed by atoms with Gasteiger partial charge in [-0.1, -0.05) is 24.3 Å². The molecule has 0 saturated carbocycles. The van der Waals surface area contributed by atoms with Gasteiger partial charge in [0.05, 0.1) is 0 Å². The van der Waals surface area contributed by atoms with Crippen LogP contribution >= 0.6 is 0 Å². The van der Waals surface area contributed by atoms with Crippen LogP contribution in [0.25, 0.3) is 11.1 Å². The molecule has 1 aliphatic heterocycles. The molecular weight excluding hydrogens is 279 g/mol. The average Bonchev–Trinajstić information content (AvgIpc) is 2.55. The molecule has 0 bridgehead atoms. The molecule has 0 amide bonds. The zero-order valence-electron chi connectivity index (χ0n) is 12.7. The maximum Gasteiger partial charge on any atom is 0.128 e. The number of piperazine rings is 1. The van der Waals surface area contributed by atoms with Crippen LogP contribution in [0.5, 0.6) is 5.75 Å². The Bertz CT molecular complexity index is 653. The molecule has 116 valence electrons. The number of halogens is 1. The van der Waals surface area contributed by atoms with Crippen LogP contribution in [-0.2, 0) is 0 Å². The number of aromatic hydroxyl groups is 1. The Hall–Kier alpha value is -1.91. The van der Waals surface area contributed by atoms with Crippen molar-refractivity contribution in [3.05, 3.63) is 53.8 Å². The van der Waals surface area contributed by atoms with Crippen molar-refractivity contribution in [3.63, 3.8) is 0 Å². The smallest absolute Gasteiger partial charge is 0.128 e. The minimum Gasteiger partial charge on any atom is -0.508 e. The summed E-state index contributed by atoms with van der Waals surface area (Å²) in [5.41, 5.74) is 2.33. The van der Waals surface area contributed by atoms with Gasteiger partial charge in [0.1, 0.15) is 11.6 Å². The largest absolute Gasteiger partial charge is 0.508 e. The first-order valence-corrected chi connectivity index (χ1v) is 7.69. The molecule has 2 aromatic rings. The third-order valence-corrected chi connectivity index (χ3v) is 4.33. The monoisotopic (exact) mass is 300 g/mol. The van der Waals surface area contributed by atoms with Crippen LogP contribution < -0.4 is 5.32 Å². The van der Waals surface area contributed by atoms with E-state index < -0.39 is 0 Å². The molecule has 3 rings (SSSR count). The maximum absolute atomic E-state index is 14.5. The molecule has 4 heteroatoms. The van der Waals surface area contributed by atoms with Crippen LogP contribution in [0.2, 0.25) is 0 Å². The molecule has 0 radical (unpaired) electrons. The van der Waals surface area contributed by atoms with Crippen LogP contribution in [0, 0.1) is 5.82 Å². The summed E-state index contributed by atoms with van der Waals surface area (Å²) in [6, 6.07) is 12.3. The van der Waals surface area contributed by atoms with Gasteiger partial charge in [-0.2, -0.15) is 0 Å². The Kier molecular flexibility index (Phi) is 4.41. The fourth-order valence-corrected chi connectivity index (χ4v) is 3.00. The summed E-state index contributed by atoms with van der Waals surface area (Å²) in [7, 11) is 0. The van der Waals surface area contributed by atoms with Crippen LogP contribution in [0.4, 0.5) is 4.39 Å². The molecule has 0 aliphatic carbocycles. The first kappa shape index (κ1) is 15.0. The van der Waals surface area contributed by atoms with E-state index in [0.29, 0.717) is 0 Å². The topological polar surface area (TPSA) is 35.5 Å². The van der Waals surface area contributed by atoms with E-state index in [-0.39, 0.29) is 17.6 Å². The summed E-state index contributed by atoms with van der Waals surface area (Å²) in [5.74, 6) is 0.00282. The molecule has 1 heterocycles. The number of hydrogen-bond acceptors (Lipinski definition) is 3. The van der Waals surface area contributed by atoms with Gasteiger partial charge in [-0.15, -0.1) is 0 Å². The highest BCUT2D eigenvalue weighted by Crippen LogP contribution is 2.29. The Morgan fingerprint density at radius 3 is 2.50 bits per heavy atom. The van der Waals surface area contributed by atoms with Crippen molar-refractivity contribution in [2.24, 2.45) is 0 Å². The lowest BCUT2D eigenvalue weighted by atomic mass is 9.99. The predicted octanol–water partition coefficient (Wildman–Crippen LogP) is 3.16. The molecular formula is C18H21FN2O. The molecule has 0 spiro atoms. The molecule has 2 N–H and O–H groups in total. The average molecular weight is 300 g/mol. The highest BCUT2D eigenvalue weighted by Gasteiger charge is 2.20. The lowest BCUT2D eigenvalue weighted by Gasteiger charge is -2.33. The van der Waals surface area contributed by atoms with Gasteiger partial charge >= 0.3 is 0 Å². The van der Waals surface area contributed by atoms with Crippen molar-refractivity contribution in [2.75, 3.05) is 26.2 Å². The van der Waals surface area contributed by atoms with Crippen molar-refractivity contribution in [1.82, 2.24) is 10.2 Å². The Balaban J connectivity index is 1.85. The van der Waals surface area contributed by atoms with Gasteiger partial charge < -0.3 is 10.4 Å². The molecule has 2 aromatic carbocycles. The maximum atomic E-state index is 14.5. The summed E-state index contributed by atoms with van der Waals surface area (Å²) in [6.45, 7) is 5.84. The van der Waals surface area contributed by atoms with Crippen LogP contribution in [0.1, 0.15) is 18.5 Å². The summed E-state index contributed by atoms with van der Waals surface area (Å²) in [4.78, 5) is 2.29. The number of benzene rings is 2. The molecule has 1 fully saturated rings. The molecule has 1 unspecified atom stereocenters. The van der Waals surface area contributed by atoms with E-state index in [1.54, 1.807) is 24.3 Å². The van der Waals surface area contributed by atoms with Crippen molar-refractivity contribution in [3.8, 4) is 16.9 Å². The Labute approximate surface area is 130 Å². The number of hydrogen-bond donors (Lipinski definition) is 2. The number of phenolic OH excluding ortho intramolecular Hbond substituents is 1. The third-order valence-electron chi connectivity index (χ3n) is 4.33. The minimum atomic E-state index is -0.188. The Morgan fingerprint density at radius 1 is 1.09 bits per heavy atom. The SMILES string of the molecule is CC(c1ccc(-c2cccc(O)c2)cc1F)N1CCNCC1. The highest BCUT2D eigenvalue weighted by atomic mass is 19.1. The fraction of sp³-hybridized carbons (Fsp3) is 0.333. The molecule has 1 saturated heterocycles. The van der Waals surface area contributed by atoms with Gasteiger partial charge in [0.2, 0.25) is 0 Å². The second kappa shape index (κ2) is 6.46. The zero-order valence-corrected chi connectivity index (χ0v) is 12.7. The van der Waals surface area contributed by atoms with Crippen LogP contribution in [0.15, 0.2) is 42.5 Å². The van der Waals surface area contributed by atoms with Crippen LogP contribution in [0.3, 0.4) is 0 Å². The van der Waals surface area contributed by atoms with Gasteiger partial charge in [0, 0.05) is 37.8 Å². The normalized spacial score (nSPS) is 17.4. The van der Waals surface area contributed by atoms with Gasteiger partial charge in [0.15, 0.2) is 0 Å². The lowest BCUT2D eigenvalue weighted by molar-refractivity contribution is 0.182. The second-order valence-electron chi connectivity index (χ2n) is 5.75. The van der Waals surface area contributed by atoms with Crippen molar-refractivity contribution in [2.45, 2.75) is 13.0 Å². The van der Waals surface area contributed by atoms with E-state index in [2.05, 4.69) is 17.1 Å². The molecule has 0 aromatic heterocycles. The first-order chi connectivity index (χ1) is 10.6. The van der Waals surface area contributed by atoms with Crippen molar-refractivity contribution in [1.29, 1.82) is 0 Å². The quantitative estimate of drug-likeness (QED) is 0.914. The van der Waals surface area contributed by atoms with Gasteiger partial charge in [-0.25, -0.2) is 4.39 Å². The van der Waals surface area contributed by atoms with E-state index in [1.807, 2.05) is 18.2 Å². The van der Waals surface area contributed by atoms with Crippen LogP contribution in [-0.4, -0.2) is 36.2 Å². The van der Waals surface area contributed by atoms with E-state index in [9.17, 15) is 9.50 Å². The van der Waals surface area contributed by atoms with E-state index in [4.69, 9.17) is 0 Å². The summed E-state index contributed by atoms with van der Waals surface area (Å²) in [6.07, 6.45) is 0.